The molecule has 4 nitrogen and oxygen atoms in total. The van der Waals surface area contributed by atoms with Crippen LogP contribution in [-0.2, 0) is 21.8 Å². The van der Waals surface area contributed by atoms with Crippen LogP contribution in [0.25, 0.3) is 11.1 Å². The average Bonchev–Trinajstić information content (AvgIpc) is 3.44. The van der Waals surface area contributed by atoms with Gasteiger partial charge in [0.05, 0.1) is 12.3 Å². The van der Waals surface area contributed by atoms with Crippen LogP contribution in [0.2, 0.25) is 0 Å². The molecule has 2 saturated carbocycles. The van der Waals surface area contributed by atoms with E-state index in [1.807, 2.05) is 95.0 Å². The number of anilines is 1. The van der Waals surface area contributed by atoms with Crippen LogP contribution >= 0.6 is 0 Å². The fourth-order valence-corrected chi connectivity index (χ4v) is 2.96. The van der Waals surface area contributed by atoms with Crippen LogP contribution in [0.4, 0.5) is 5.82 Å². The Kier molecular flexibility index (Phi) is 9.87. The number of aryl methyl sites for hydroxylation is 1. The van der Waals surface area contributed by atoms with Gasteiger partial charge in [-0.1, -0.05) is 29.8 Å². The number of nitrogens with two attached hydrogens (primary N) is 1. The Bertz CT molecular complexity index is 803. The molecule has 4 rings (SSSR count). The molecular formula is C25H24FeN2O2+2. The fourth-order valence-electron chi connectivity index (χ4n) is 2.96. The number of hydrogen-bond donors (Lipinski definition) is 1. The molecule has 2 aromatic rings. The Balaban J connectivity index is 0.000000468. The third-order valence-corrected chi connectivity index (χ3v) is 4.40. The molecule has 2 aliphatic rings. The maximum absolute atomic E-state index is 12.4. The molecule has 1 aromatic heterocycles. The van der Waals surface area contributed by atoms with E-state index < -0.39 is 5.97 Å². The third kappa shape index (κ3) is 6.33. The quantitative estimate of drug-likeness (QED) is 0.558. The molecule has 0 aliphatic heterocycles. The van der Waals surface area contributed by atoms with Crippen molar-refractivity contribution < 1.29 is 26.6 Å². The van der Waals surface area contributed by atoms with E-state index in [0.29, 0.717) is 5.56 Å². The first-order valence-electron chi connectivity index (χ1n) is 9.53. The van der Waals surface area contributed by atoms with Gasteiger partial charge < -0.3 is 10.5 Å². The number of aromatic nitrogens is 1. The van der Waals surface area contributed by atoms with Crippen LogP contribution < -0.4 is 5.73 Å². The number of carbonyl (C=O) groups is 1. The fraction of sp³-hybridized carbons (Fsp3) is 0.120. The molecule has 0 bridgehead atoms. The number of pyridine rings is 1. The Morgan fingerprint density at radius 3 is 2.07 bits per heavy atom. The summed E-state index contributed by atoms with van der Waals surface area (Å²) < 4.78 is 5.17. The molecule has 2 aliphatic carbocycles. The molecule has 1 heterocycles. The molecule has 2 N–H and O–H groups in total. The molecule has 0 spiro atoms. The van der Waals surface area contributed by atoms with Gasteiger partial charge in [-0.3, -0.25) is 0 Å². The number of carbonyl (C=O) groups excluding carboxylic acids is 1. The van der Waals surface area contributed by atoms with E-state index >= 15 is 0 Å². The van der Waals surface area contributed by atoms with Gasteiger partial charge in [0.2, 0.25) is 0 Å². The summed E-state index contributed by atoms with van der Waals surface area (Å²) >= 11 is 0. The minimum Gasteiger partial charge on any atom is -0.462 e. The Morgan fingerprint density at radius 1 is 0.967 bits per heavy atom. The molecule has 0 amide bonds. The van der Waals surface area contributed by atoms with Gasteiger partial charge in [-0.25, -0.2) is 9.78 Å². The van der Waals surface area contributed by atoms with Gasteiger partial charge in [-0.2, -0.15) is 0 Å². The van der Waals surface area contributed by atoms with Crippen LogP contribution in [0.1, 0.15) is 28.5 Å². The van der Waals surface area contributed by atoms with Gasteiger partial charge in [-0.15, -0.1) is 0 Å². The predicted octanol–water partition coefficient (Wildman–Crippen LogP) is 4.59. The number of ether oxygens (including phenoxy) is 1. The number of nitrogens with zero attached hydrogens (tertiary/aromatic N) is 1. The first-order valence-corrected chi connectivity index (χ1v) is 9.53. The zero-order valence-electron chi connectivity index (χ0n) is 17.0. The maximum Gasteiger partial charge on any atom is 2.00 e. The van der Waals surface area contributed by atoms with Crippen molar-refractivity contribution in [1.29, 1.82) is 0 Å². The van der Waals surface area contributed by atoms with Crippen molar-refractivity contribution >= 4 is 11.8 Å². The van der Waals surface area contributed by atoms with E-state index in [1.54, 1.807) is 6.92 Å². The third-order valence-electron chi connectivity index (χ3n) is 4.40. The van der Waals surface area contributed by atoms with E-state index in [9.17, 15) is 4.79 Å². The molecular weight excluding hydrogens is 416 g/mol. The topological polar surface area (TPSA) is 65.2 Å². The number of hydrogen-bond acceptors (Lipinski definition) is 4. The van der Waals surface area contributed by atoms with E-state index in [2.05, 4.69) is 4.98 Å². The smallest absolute Gasteiger partial charge is 0.462 e. The van der Waals surface area contributed by atoms with Crippen LogP contribution in [0.15, 0.2) is 30.3 Å². The van der Waals surface area contributed by atoms with Crippen molar-refractivity contribution in [2.45, 2.75) is 13.8 Å². The Morgan fingerprint density at radius 2 is 1.53 bits per heavy atom. The maximum atomic E-state index is 12.4. The van der Waals surface area contributed by atoms with Gasteiger partial charge in [0, 0.05) is 11.5 Å². The van der Waals surface area contributed by atoms with E-state index in [4.69, 9.17) is 10.5 Å². The molecule has 2 fully saturated rings. The van der Waals surface area contributed by atoms with E-state index in [0.717, 1.165) is 28.3 Å². The molecule has 5 heteroatoms. The van der Waals surface area contributed by atoms with Crippen LogP contribution in [0, 0.1) is 70.6 Å². The zero-order valence-corrected chi connectivity index (χ0v) is 18.1. The second-order valence-electron chi connectivity index (χ2n) is 6.54. The first kappa shape index (κ1) is 24.4. The summed E-state index contributed by atoms with van der Waals surface area (Å²) in [6.07, 6.45) is 17.8. The summed E-state index contributed by atoms with van der Waals surface area (Å²) in [5.74, 6) is 0.695. The zero-order chi connectivity index (χ0) is 20.6. The normalized spacial score (nSPS) is 15.8. The first-order chi connectivity index (χ1) is 14.1. The molecule has 10 radical (unpaired) electrons. The van der Waals surface area contributed by atoms with Crippen molar-refractivity contribution in [2.24, 2.45) is 0 Å². The SMILES string of the molecule is CCOC(=O)c1c(-c2ccc(C)cc2)cc([C]2[CH][CH][CH][CH]2)nc1N.[CH]1[CH][CH][CH][CH]1.[Fe+2]. The summed E-state index contributed by atoms with van der Waals surface area (Å²) in [5.41, 5.74) is 9.96. The van der Waals surface area contributed by atoms with Crippen LogP contribution in [0.3, 0.4) is 0 Å². The Hall–Kier alpha value is -1.84. The van der Waals surface area contributed by atoms with Gasteiger partial charge in [-0.05, 0) is 83.3 Å². The standard InChI is InChI=1S/C20H19N2O2.C5H5.Fe/c1-3-24-20(23)18-16(14-10-8-13(2)9-11-14)12-17(22-19(18)21)15-6-4-5-7-15;1-2-4-5-3-1;/h4-12H,3H2,1-2H3,(H2,21,22);1-5H;/q;;+2. The number of benzene rings is 1. The molecule has 0 atom stereocenters. The van der Waals surface area contributed by atoms with E-state index in [-0.39, 0.29) is 29.5 Å². The van der Waals surface area contributed by atoms with Crippen LogP contribution in [-0.4, -0.2) is 17.6 Å². The monoisotopic (exact) mass is 440 g/mol. The molecule has 30 heavy (non-hydrogen) atoms. The van der Waals surface area contributed by atoms with Crippen molar-refractivity contribution in [3.63, 3.8) is 0 Å². The van der Waals surface area contributed by atoms with Gasteiger partial charge in [0.25, 0.3) is 0 Å². The summed E-state index contributed by atoms with van der Waals surface area (Å²) in [5, 5.41) is 0. The van der Waals surface area contributed by atoms with Crippen molar-refractivity contribution in [1.82, 2.24) is 4.98 Å². The second kappa shape index (κ2) is 12.1. The summed E-state index contributed by atoms with van der Waals surface area (Å²) in [4.78, 5) is 16.8. The molecule has 1 aromatic carbocycles. The molecule has 152 valence electrons. The summed E-state index contributed by atoms with van der Waals surface area (Å²) in [6, 6.07) is 9.85. The summed E-state index contributed by atoms with van der Waals surface area (Å²) in [7, 11) is 0. The van der Waals surface area contributed by atoms with Crippen LogP contribution in [0.5, 0.6) is 0 Å². The molecule has 0 unspecified atom stereocenters. The minimum atomic E-state index is -0.452. The van der Waals surface area contributed by atoms with Crippen molar-refractivity contribution in [3.8, 4) is 11.1 Å². The van der Waals surface area contributed by atoms with E-state index in [1.165, 1.54) is 0 Å². The number of nitrogen functional groups attached to an aromatic ring is 1. The van der Waals surface area contributed by atoms with Gasteiger partial charge in [0.1, 0.15) is 11.4 Å². The second-order valence-corrected chi connectivity index (χ2v) is 6.54. The number of esters is 1. The van der Waals surface area contributed by atoms with Gasteiger partial charge >= 0.3 is 23.0 Å². The largest absolute Gasteiger partial charge is 2.00 e. The predicted molar refractivity (Wildman–Crippen MR) is 116 cm³/mol. The van der Waals surface area contributed by atoms with Crippen molar-refractivity contribution in [3.05, 3.63) is 111 Å². The molecule has 0 saturated heterocycles. The average molecular weight is 440 g/mol. The number of rotatable bonds is 4. The summed E-state index contributed by atoms with van der Waals surface area (Å²) in [6.45, 7) is 4.08. The van der Waals surface area contributed by atoms with Gasteiger partial charge in [0.15, 0.2) is 0 Å². The Labute approximate surface area is 191 Å². The van der Waals surface area contributed by atoms with Crippen molar-refractivity contribution in [2.75, 3.05) is 12.3 Å². The minimum absolute atomic E-state index is 0.